The third-order valence-corrected chi connectivity index (χ3v) is 5.37. The predicted octanol–water partition coefficient (Wildman–Crippen LogP) is 4.30. The lowest BCUT2D eigenvalue weighted by Gasteiger charge is -2.25. The summed E-state index contributed by atoms with van der Waals surface area (Å²) in [7, 11) is 0. The lowest BCUT2D eigenvalue weighted by Crippen LogP contribution is -2.25. The quantitative estimate of drug-likeness (QED) is 0.429. The molecule has 0 aliphatic rings. The van der Waals surface area contributed by atoms with E-state index in [0.717, 1.165) is 27.7 Å². The molecule has 0 saturated carbocycles. The maximum atomic E-state index is 11.0. The SMILES string of the molecule is CC(C)CC(C)(O)c1cc(-c2c[nH]c3ncc(-c4cnn(C(C)C)c4)cc23)nc(N)n1. The number of aromatic nitrogens is 6. The Hall–Kier alpha value is -3.26. The number of hydrogen-bond acceptors (Lipinski definition) is 6. The van der Waals surface area contributed by atoms with E-state index in [0.29, 0.717) is 23.7 Å². The molecule has 0 saturated heterocycles. The molecule has 0 fully saturated rings. The minimum atomic E-state index is -1.10. The minimum absolute atomic E-state index is 0.133. The summed E-state index contributed by atoms with van der Waals surface area (Å²) in [5.41, 5.74) is 9.66. The van der Waals surface area contributed by atoms with Gasteiger partial charge >= 0.3 is 0 Å². The van der Waals surface area contributed by atoms with Gasteiger partial charge in [-0.1, -0.05) is 13.8 Å². The van der Waals surface area contributed by atoms with Crippen molar-refractivity contribution in [1.29, 1.82) is 0 Å². The zero-order valence-corrected chi connectivity index (χ0v) is 18.6. The van der Waals surface area contributed by atoms with Crippen molar-refractivity contribution in [3.8, 4) is 22.4 Å². The van der Waals surface area contributed by atoms with Gasteiger partial charge in [0.05, 0.1) is 17.6 Å². The van der Waals surface area contributed by atoms with E-state index in [9.17, 15) is 5.11 Å². The molecular weight excluding hydrogens is 390 g/mol. The van der Waals surface area contributed by atoms with Crippen molar-refractivity contribution in [2.24, 2.45) is 5.92 Å². The predicted molar refractivity (Wildman–Crippen MR) is 122 cm³/mol. The molecule has 0 aliphatic carbocycles. The molecule has 0 spiro atoms. The van der Waals surface area contributed by atoms with Crippen LogP contribution in [0.3, 0.4) is 0 Å². The second kappa shape index (κ2) is 7.77. The number of aromatic amines is 1. The number of nitrogens with zero attached hydrogens (tertiary/aromatic N) is 5. The highest BCUT2D eigenvalue weighted by molar-refractivity contribution is 5.95. The van der Waals surface area contributed by atoms with Crippen molar-refractivity contribution in [3.63, 3.8) is 0 Å². The van der Waals surface area contributed by atoms with Gasteiger partial charge in [-0.05, 0) is 45.2 Å². The van der Waals surface area contributed by atoms with Crippen LogP contribution in [0.2, 0.25) is 0 Å². The molecule has 31 heavy (non-hydrogen) atoms. The highest BCUT2D eigenvalue weighted by Crippen LogP contribution is 2.33. The Morgan fingerprint density at radius 2 is 1.90 bits per heavy atom. The molecule has 0 aromatic carbocycles. The van der Waals surface area contributed by atoms with Crippen molar-refractivity contribution in [3.05, 3.63) is 42.6 Å². The first kappa shape index (κ1) is 21.0. The normalized spacial score (nSPS) is 13.9. The third kappa shape index (κ3) is 4.16. The fourth-order valence-corrected chi connectivity index (χ4v) is 3.92. The van der Waals surface area contributed by atoms with E-state index in [-0.39, 0.29) is 12.0 Å². The molecule has 1 atom stereocenters. The molecule has 4 heterocycles. The topological polar surface area (TPSA) is 119 Å². The van der Waals surface area contributed by atoms with Gasteiger partial charge in [0.2, 0.25) is 5.95 Å². The van der Waals surface area contributed by atoms with Crippen molar-refractivity contribution < 1.29 is 5.11 Å². The van der Waals surface area contributed by atoms with Gasteiger partial charge in [0.25, 0.3) is 0 Å². The zero-order valence-electron chi connectivity index (χ0n) is 18.6. The second-order valence-electron chi connectivity index (χ2n) is 8.99. The van der Waals surface area contributed by atoms with Gasteiger partial charge in [0, 0.05) is 46.7 Å². The summed E-state index contributed by atoms with van der Waals surface area (Å²) < 4.78 is 1.92. The van der Waals surface area contributed by atoms with Gasteiger partial charge < -0.3 is 15.8 Å². The van der Waals surface area contributed by atoms with E-state index in [1.807, 2.05) is 35.5 Å². The van der Waals surface area contributed by atoms with Crippen molar-refractivity contribution in [2.75, 3.05) is 5.73 Å². The monoisotopic (exact) mass is 419 g/mol. The van der Waals surface area contributed by atoms with Gasteiger partial charge in [-0.2, -0.15) is 5.10 Å². The van der Waals surface area contributed by atoms with Crippen LogP contribution < -0.4 is 5.73 Å². The molecule has 0 aliphatic heterocycles. The van der Waals surface area contributed by atoms with E-state index >= 15 is 0 Å². The lowest BCUT2D eigenvalue weighted by molar-refractivity contribution is 0.0306. The maximum Gasteiger partial charge on any atom is 0.220 e. The van der Waals surface area contributed by atoms with Crippen molar-refractivity contribution >= 4 is 17.0 Å². The Kier molecular flexibility index (Phi) is 5.26. The van der Waals surface area contributed by atoms with Gasteiger partial charge in [-0.3, -0.25) is 4.68 Å². The molecule has 0 radical (unpaired) electrons. The number of nitrogens with one attached hydrogen (secondary N) is 1. The van der Waals surface area contributed by atoms with Crippen LogP contribution in [0.25, 0.3) is 33.4 Å². The first-order valence-corrected chi connectivity index (χ1v) is 10.5. The Balaban J connectivity index is 1.79. The fraction of sp³-hybridized carbons (Fsp3) is 0.391. The molecule has 4 aromatic heterocycles. The average Bonchev–Trinajstić information content (AvgIpc) is 3.33. The van der Waals surface area contributed by atoms with Crippen molar-refractivity contribution in [1.82, 2.24) is 29.7 Å². The molecule has 0 amide bonds. The van der Waals surface area contributed by atoms with Gasteiger partial charge in [-0.15, -0.1) is 0 Å². The Bertz CT molecular complexity index is 1220. The molecular formula is C23H29N7O. The summed E-state index contributed by atoms with van der Waals surface area (Å²) in [4.78, 5) is 16.5. The van der Waals surface area contributed by atoms with Crippen LogP contribution in [0.15, 0.2) is 36.9 Å². The summed E-state index contributed by atoms with van der Waals surface area (Å²) in [6, 6.07) is 4.17. The molecule has 4 rings (SSSR count). The molecule has 4 aromatic rings. The Morgan fingerprint density at radius 3 is 2.58 bits per heavy atom. The molecule has 1 unspecified atom stereocenters. The first-order chi connectivity index (χ1) is 14.6. The van der Waals surface area contributed by atoms with E-state index in [1.165, 1.54) is 0 Å². The molecule has 8 heteroatoms. The number of rotatable bonds is 6. The second-order valence-corrected chi connectivity index (χ2v) is 8.99. The smallest absolute Gasteiger partial charge is 0.220 e. The minimum Gasteiger partial charge on any atom is -0.384 e. The summed E-state index contributed by atoms with van der Waals surface area (Å²) in [6.07, 6.45) is 8.13. The number of aliphatic hydroxyl groups is 1. The Labute approximate surface area is 181 Å². The summed E-state index contributed by atoms with van der Waals surface area (Å²) in [5, 5.41) is 16.3. The van der Waals surface area contributed by atoms with Crippen LogP contribution in [0.1, 0.15) is 52.8 Å². The largest absolute Gasteiger partial charge is 0.384 e. The number of nitrogen functional groups attached to an aromatic ring is 1. The molecule has 162 valence electrons. The maximum absolute atomic E-state index is 11.0. The standard InChI is InChI=1S/C23H29N7O/c1-13(2)8-23(5,31)20-7-19(28-22(24)29-20)18-11-26-21-17(18)6-15(9-25-21)16-10-27-30(12-16)14(3)4/h6-7,9-14,31H,8H2,1-5H3,(H,25,26)(H2,24,28,29). The number of nitrogens with two attached hydrogens (primary N) is 1. The summed E-state index contributed by atoms with van der Waals surface area (Å²) in [6.45, 7) is 10.1. The molecule has 0 bridgehead atoms. The van der Waals surface area contributed by atoms with E-state index in [2.05, 4.69) is 58.8 Å². The van der Waals surface area contributed by atoms with E-state index in [1.54, 1.807) is 6.92 Å². The van der Waals surface area contributed by atoms with Crippen LogP contribution in [0, 0.1) is 5.92 Å². The molecule has 4 N–H and O–H groups in total. The fourth-order valence-electron chi connectivity index (χ4n) is 3.92. The number of anilines is 1. The zero-order chi connectivity index (χ0) is 22.3. The van der Waals surface area contributed by atoms with Gasteiger partial charge in [-0.25, -0.2) is 15.0 Å². The van der Waals surface area contributed by atoms with Gasteiger partial charge in [0.1, 0.15) is 11.2 Å². The summed E-state index contributed by atoms with van der Waals surface area (Å²) >= 11 is 0. The van der Waals surface area contributed by atoms with Crippen LogP contribution in [-0.2, 0) is 5.60 Å². The lowest BCUT2D eigenvalue weighted by atomic mass is 9.90. The Morgan fingerprint density at radius 1 is 1.13 bits per heavy atom. The highest BCUT2D eigenvalue weighted by Gasteiger charge is 2.27. The third-order valence-electron chi connectivity index (χ3n) is 5.37. The molecule has 8 nitrogen and oxygen atoms in total. The van der Waals surface area contributed by atoms with Crippen molar-refractivity contribution in [2.45, 2.75) is 52.7 Å². The van der Waals surface area contributed by atoms with Crippen LogP contribution in [0.4, 0.5) is 5.95 Å². The number of H-pyrrole nitrogens is 1. The number of fused-ring (bicyclic) bond motifs is 1. The highest BCUT2D eigenvalue weighted by atomic mass is 16.3. The number of pyridine rings is 1. The van der Waals surface area contributed by atoms with Gasteiger partial charge in [0.15, 0.2) is 0 Å². The van der Waals surface area contributed by atoms with Crippen LogP contribution in [-0.4, -0.2) is 34.8 Å². The summed E-state index contributed by atoms with van der Waals surface area (Å²) in [5.74, 6) is 0.439. The number of hydrogen-bond donors (Lipinski definition) is 3. The van der Waals surface area contributed by atoms with Crippen LogP contribution in [0.5, 0.6) is 0 Å². The van der Waals surface area contributed by atoms with Crippen LogP contribution >= 0.6 is 0 Å². The first-order valence-electron chi connectivity index (χ1n) is 10.5. The average molecular weight is 420 g/mol. The van der Waals surface area contributed by atoms with E-state index in [4.69, 9.17) is 5.73 Å². The van der Waals surface area contributed by atoms with E-state index < -0.39 is 5.60 Å².